The predicted molar refractivity (Wildman–Crippen MR) is 91.9 cm³/mol. The van der Waals surface area contributed by atoms with Gasteiger partial charge in [0.25, 0.3) is 0 Å². The Balaban J connectivity index is 2.46. The van der Waals surface area contributed by atoms with Crippen LogP contribution in [0.5, 0.6) is 0 Å². The van der Waals surface area contributed by atoms with E-state index in [-0.39, 0.29) is 6.09 Å². The first-order valence-electron chi connectivity index (χ1n) is 7.85. The molecule has 1 fully saturated rings. The Kier molecular flexibility index (Phi) is 7.05. The average molecular weight is 317 g/mol. The summed E-state index contributed by atoms with van der Waals surface area (Å²) in [5.74, 6) is 0. The predicted octanol–water partition coefficient (Wildman–Crippen LogP) is 3.12. The molecule has 126 valence electrons. The highest BCUT2D eigenvalue weighted by Gasteiger charge is 2.25. The largest absolute Gasteiger partial charge is 0.444 e. The van der Waals surface area contributed by atoms with Gasteiger partial charge in [-0.25, -0.2) is 4.79 Å². The molecule has 0 aliphatic carbocycles. The highest BCUT2D eigenvalue weighted by molar-refractivity contribution is 5.68. The smallest absolute Gasteiger partial charge is 0.410 e. The maximum absolute atomic E-state index is 12.0. The third-order valence-corrected chi connectivity index (χ3v) is 3.39. The first kappa shape index (κ1) is 19.0. The zero-order valence-corrected chi connectivity index (χ0v) is 14.6. The fraction of sp³-hybridized carbons (Fsp3) is 0.556. The maximum atomic E-state index is 12.0. The number of ether oxygens (including phenoxy) is 1. The molecule has 1 heterocycles. The van der Waals surface area contributed by atoms with Crippen molar-refractivity contribution in [2.45, 2.75) is 33.3 Å². The summed E-state index contributed by atoms with van der Waals surface area (Å²) in [6, 6.07) is 2.07. The third kappa shape index (κ3) is 7.16. The standard InChI is InChI=1S/C18H27N3O2/c1-6-16(13-19)8-7-15(2)14-20-9-11-21(12-10-20)17(22)23-18(3,4)5/h6-8H,1,9-12,14H2,2-5H3/b15-7+,16-8+. The van der Waals surface area contributed by atoms with Gasteiger partial charge in [0.15, 0.2) is 0 Å². The molecule has 0 aromatic carbocycles. The lowest BCUT2D eigenvalue weighted by molar-refractivity contribution is 0.0152. The summed E-state index contributed by atoms with van der Waals surface area (Å²) in [4.78, 5) is 16.1. The van der Waals surface area contributed by atoms with Crippen LogP contribution in [0.25, 0.3) is 0 Å². The van der Waals surface area contributed by atoms with Crippen LogP contribution in [0.1, 0.15) is 27.7 Å². The van der Waals surface area contributed by atoms with Gasteiger partial charge in [-0.05, 0) is 33.8 Å². The fourth-order valence-electron chi connectivity index (χ4n) is 2.20. The second-order valence-corrected chi connectivity index (χ2v) is 6.69. The number of nitriles is 1. The monoisotopic (exact) mass is 317 g/mol. The van der Waals surface area contributed by atoms with Gasteiger partial charge in [0.1, 0.15) is 5.60 Å². The lowest BCUT2D eigenvalue weighted by atomic mass is 10.2. The normalized spacial score (nSPS) is 17.6. The zero-order valence-electron chi connectivity index (χ0n) is 14.6. The summed E-state index contributed by atoms with van der Waals surface area (Å²) in [7, 11) is 0. The zero-order chi connectivity index (χ0) is 17.5. The SMILES string of the molecule is C=C/C(C#N)=C\C=C(/C)CN1CCN(C(=O)OC(C)(C)C)CC1. The lowest BCUT2D eigenvalue weighted by Gasteiger charge is -2.35. The molecule has 0 N–H and O–H groups in total. The van der Waals surface area contributed by atoms with E-state index < -0.39 is 5.60 Å². The van der Waals surface area contributed by atoms with Gasteiger partial charge in [0, 0.05) is 32.7 Å². The Morgan fingerprint density at radius 1 is 1.26 bits per heavy atom. The van der Waals surface area contributed by atoms with Crippen LogP contribution in [0.3, 0.4) is 0 Å². The number of amides is 1. The minimum atomic E-state index is -0.455. The molecule has 0 aromatic rings. The molecule has 1 amide bonds. The molecule has 0 radical (unpaired) electrons. The maximum Gasteiger partial charge on any atom is 0.410 e. The third-order valence-electron chi connectivity index (χ3n) is 3.39. The molecule has 0 saturated carbocycles. The molecule has 0 atom stereocenters. The van der Waals surface area contributed by atoms with Crippen molar-refractivity contribution in [2.24, 2.45) is 0 Å². The Labute approximate surface area is 139 Å². The van der Waals surface area contributed by atoms with E-state index >= 15 is 0 Å². The van der Waals surface area contributed by atoms with Crippen molar-refractivity contribution in [3.05, 3.63) is 36.0 Å². The van der Waals surface area contributed by atoms with Gasteiger partial charge in [-0.2, -0.15) is 5.26 Å². The molecule has 5 heteroatoms. The van der Waals surface area contributed by atoms with Gasteiger partial charge < -0.3 is 9.64 Å². The average Bonchev–Trinajstić information content (AvgIpc) is 2.47. The lowest BCUT2D eigenvalue weighted by Crippen LogP contribution is -2.50. The molecule has 0 aromatic heterocycles. The van der Waals surface area contributed by atoms with Gasteiger partial charge in [-0.1, -0.05) is 24.3 Å². The molecular weight excluding hydrogens is 290 g/mol. The topological polar surface area (TPSA) is 56.6 Å². The van der Waals surface area contributed by atoms with Crippen LogP contribution in [-0.4, -0.2) is 54.2 Å². The second-order valence-electron chi connectivity index (χ2n) is 6.69. The Morgan fingerprint density at radius 2 is 1.87 bits per heavy atom. The van der Waals surface area contributed by atoms with Crippen molar-refractivity contribution in [1.29, 1.82) is 5.26 Å². The van der Waals surface area contributed by atoms with Crippen LogP contribution >= 0.6 is 0 Å². The molecule has 1 rings (SSSR count). The van der Waals surface area contributed by atoms with Crippen LogP contribution in [0.4, 0.5) is 4.79 Å². The van der Waals surface area contributed by atoms with Crippen molar-refractivity contribution < 1.29 is 9.53 Å². The van der Waals surface area contributed by atoms with Crippen molar-refractivity contribution in [2.75, 3.05) is 32.7 Å². The number of carbonyl (C=O) groups excluding carboxylic acids is 1. The van der Waals surface area contributed by atoms with E-state index in [4.69, 9.17) is 10.00 Å². The van der Waals surface area contributed by atoms with Crippen LogP contribution in [-0.2, 0) is 4.74 Å². The number of rotatable bonds is 4. The quantitative estimate of drug-likeness (QED) is 0.590. The fourth-order valence-corrected chi connectivity index (χ4v) is 2.20. The van der Waals surface area contributed by atoms with Crippen molar-refractivity contribution >= 4 is 6.09 Å². The van der Waals surface area contributed by atoms with Crippen LogP contribution in [0.2, 0.25) is 0 Å². The number of piperazine rings is 1. The van der Waals surface area contributed by atoms with Crippen molar-refractivity contribution in [3.8, 4) is 6.07 Å². The van der Waals surface area contributed by atoms with E-state index in [1.165, 1.54) is 5.57 Å². The summed E-state index contributed by atoms with van der Waals surface area (Å²) in [6.07, 6.45) is 5.03. The molecule has 0 spiro atoms. The summed E-state index contributed by atoms with van der Waals surface area (Å²) in [6.45, 7) is 15.1. The van der Waals surface area contributed by atoms with Gasteiger partial charge in [-0.15, -0.1) is 0 Å². The number of allylic oxidation sites excluding steroid dienone is 4. The van der Waals surface area contributed by atoms with E-state index in [1.807, 2.05) is 33.8 Å². The Morgan fingerprint density at radius 3 is 2.35 bits per heavy atom. The summed E-state index contributed by atoms with van der Waals surface area (Å²) in [5.41, 5.74) is 1.27. The van der Waals surface area contributed by atoms with Gasteiger partial charge >= 0.3 is 6.09 Å². The summed E-state index contributed by atoms with van der Waals surface area (Å²) >= 11 is 0. The highest BCUT2D eigenvalue weighted by atomic mass is 16.6. The van der Waals surface area contributed by atoms with Crippen molar-refractivity contribution in [3.63, 3.8) is 0 Å². The molecule has 1 aliphatic heterocycles. The molecular formula is C18H27N3O2. The van der Waals surface area contributed by atoms with Crippen LogP contribution in [0.15, 0.2) is 36.0 Å². The molecule has 1 saturated heterocycles. The minimum absolute atomic E-state index is 0.239. The molecule has 0 bridgehead atoms. The van der Waals surface area contributed by atoms with Crippen LogP contribution in [0, 0.1) is 11.3 Å². The molecule has 23 heavy (non-hydrogen) atoms. The highest BCUT2D eigenvalue weighted by Crippen LogP contribution is 2.12. The first-order chi connectivity index (χ1) is 10.7. The Bertz CT molecular complexity index is 527. The Hall–Kier alpha value is -2.06. The second kappa shape index (κ2) is 8.54. The van der Waals surface area contributed by atoms with E-state index in [1.54, 1.807) is 17.1 Å². The molecule has 5 nitrogen and oxygen atoms in total. The van der Waals surface area contributed by atoms with Crippen LogP contribution < -0.4 is 0 Å². The number of hydrogen-bond acceptors (Lipinski definition) is 4. The number of carbonyl (C=O) groups is 1. The first-order valence-corrected chi connectivity index (χ1v) is 7.85. The van der Waals surface area contributed by atoms with Gasteiger partial charge in [0.2, 0.25) is 0 Å². The van der Waals surface area contributed by atoms with E-state index in [9.17, 15) is 4.79 Å². The van der Waals surface area contributed by atoms with Gasteiger partial charge in [-0.3, -0.25) is 4.90 Å². The minimum Gasteiger partial charge on any atom is -0.444 e. The summed E-state index contributed by atoms with van der Waals surface area (Å²) < 4.78 is 5.39. The number of hydrogen-bond donors (Lipinski definition) is 0. The van der Waals surface area contributed by atoms with E-state index in [0.717, 1.165) is 19.6 Å². The van der Waals surface area contributed by atoms with Crippen molar-refractivity contribution in [1.82, 2.24) is 9.80 Å². The van der Waals surface area contributed by atoms with E-state index in [2.05, 4.69) is 17.5 Å². The summed E-state index contributed by atoms with van der Waals surface area (Å²) in [5, 5.41) is 8.84. The van der Waals surface area contributed by atoms with E-state index in [0.29, 0.717) is 18.7 Å². The number of nitrogens with zero attached hydrogens (tertiary/aromatic N) is 3. The van der Waals surface area contributed by atoms with Gasteiger partial charge in [0.05, 0.1) is 11.6 Å². The molecule has 1 aliphatic rings. The molecule has 0 unspecified atom stereocenters.